The van der Waals surface area contributed by atoms with Gasteiger partial charge in [0.15, 0.2) is 0 Å². The lowest BCUT2D eigenvalue weighted by atomic mass is 9.75. The van der Waals surface area contributed by atoms with E-state index >= 15 is 0 Å². The summed E-state index contributed by atoms with van der Waals surface area (Å²) in [5.41, 5.74) is -0.138. The summed E-state index contributed by atoms with van der Waals surface area (Å²) in [7, 11) is 0. The van der Waals surface area contributed by atoms with Crippen molar-refractivity contribution in [3.05, 3.63) is 12.7 Å². The molecule has 0 aromatic heterocycles. The zero-order valence-corrected chi connectivity index (χ0v) is 9.95. The summed E-state index contributed by atoms with van der Waals surface area (Å²) in [6, 6.07) is 0. The third-order valence-electron chi connectivity index (χ3n) is 4.58. The molecule has 2 nitrogen and oxygen atoms in total. The standard InChI is InChI=1S/C14H22O2/c1-2-3-4-5-9-14-10-8-12(15)11(14)6-7-13(14)16/h2,11-12,15H,1,3-10H2/t11-,12+,14+/m1/s1. The third kappa shape index (κ3) is 1.84. The Bertz CT molecular complexity index is 284. The fourth-order valence-corrected chi connectivity index (χ4v) is 3.69. The Morgan fingerprint density at radius 1 is 1.44 bits per heavy atom. The van der Waals surface area contributed by atoms with Crippen molar-refractivity contribution in [1.29, 1.82) is 0 Å². The van der Waals surface area contributed by atoms with Crippen LogP contribution in [0.15, 0.2) is 12.7 Å². The van der Waals surface area contributed by atoms with Gasteiger partial charge in [0.25, 0.3) is 0 Å². The lowest BCUT2D eigenvalue weighted by molar-refractivity contribution is -0.127. The number of ketones is 1. The average molecular weight is 222 g/mol. The summed E-state index contributed by atoms with van der Waals surface area (Å²) in [5.74, 6) is 0.691. The van der Waals surface area contributed by atoms with Gasteiger partial charge in [-0.15, -0.1) is 6.58 Å². The molecule has 2 aliphatic rings. The molecule has 0 saturated heterocycles. The molecule has 0 amide bonds. The van der Waals surface area contributed by atoms with E-state index in [-0.39, 0.29) is 17.4 Å². The summed E-state index contributed by atoms with van der Waals surface area (Å²) in [6.07, 6.45) is 9.34. The van der Waals surface area contributed by atoms with Gasteiger partial charge in [0, 0.05) is 11.8 Å². The van der Waals surface area contributed by atoms with Crippen LogP contribution in [0.2, 0.25) is 0 Å². The molecular formula is C14H22O2. The highest BCUT2D eigenvalue weighted by Gasteiger charge is 2.55. The number of allylic oxidation sites excluding steroid dienone is 1. The van der Waals surface area contributed by atoms with Gasteiger partial charge in [-0.25, -0.2) is 0 Å². The predicted molar refractivity (Wildman–Crippen MR) is 64.1 cm³/mol. The van der Waals surface area contributed by atoms with Crippen molar-refractivity contribution in [3.8, 4) is 0 Å². The molecule has 0 radical (unpaired) electrons. The number of hydrogen-bond acceptors (Lipinski definition) is 2. The number of Topliss-reactive ketones (excluding diaryl/α,β-unsaturated/α-hetero) is 1. The molecule has 0 spiro atoms. The van der Waals surface area contributed by atoms with E-state index in [0.29, 0.717) is 12.2 Å². The maximum absolute atomic E-state index is 12.1. The number of aliphatic hydroxyl groups is 1. The number of carbonyl (C=O) groups is 1. The highest BCUT2D eigenvalue weighted by molar-refractivity contribution is 5.87. The van der Waals surface area contributed by atoms with Crippen molar-refractivity contribution in [2.45, 2.75) is 57.5 Å². The molecule has 0 heterocycles. The molecule has 90 valence electrons. The maximum Gasteiger partial charge on any atom is 0.139 e. The maximum atomic E-state index is 12.1. The smallest absolute Gasteiger partial charge is 0.139 e. The monoisotopic (exact) mass is 222 g/mol. The Balaban J connectivity index is 1.97. The summed E-state index contributed by atoms with van der Waals surface area (Å²) >= 11 is 0. The quantitative estimate of drug-likeness (QED) is 0.573. The zero-order valence-electron chi connectivity index (χ0n) is 9.95. The van der Waals surface area contributed by atoms with Crippen molar-refractivity contribution in [2.24, 2.45) is 11.3 Å². The van der Waals surface area contributed by atoms with Gasteiger partial charge < -0.3 is 5.11 Å². The highest BCUT2D eigenvalue weighted by atomic mass is 16.3. The summed E-state index contributed by atoms with van der Waals surface area (Å²) in [4.78, 5) is 12.1. The van der Waals surface area contributed by atoms with E-state index in [4.69, 9.17) is 0 Å². The van der Waals surface area contributed by atoms with Gasteiger partial charge in [0.1, 0.15) is 5.78 Å². The Morgan fingerprint density at radius 2 is 2.25 bits per heavy atom. The van der Waals surface area contributed by atoms with E-state index in [1.54, 1.807) is 0 Å². The second kappa shape index (κ2) is 4.70. The number of carbonyl (C=O) groups excluding carboxylic acids is 1. The van der Waals surface area contributed by atoms with Gasteiger partial charge in [0.2, 0.25) is 0 Å². The lowest BCUT2D eigenvalue weighted by Crippen LogP contribution is -2.31. The minimum absolute atomic E-state index is 0.138. The van der Waals surface area contributed by atoms with Crippen molar-refractivity contribution in [2.75, 3.05) is 0 Å². The number of rotatable bonds is 5. The molecule has 0 aromatic carbocycles. The molecule has 2 aliphatic carbocycles. The fourth-order valence-electron chi connectivity index (χ4n) is 3.69. The van der Waals surface area contributed by atoms with Gasteiger partial charge >= 0.3 is 0 Å². The van der Waals surface area contributed by atoms with E-state index in [2.05, 4.69) is 6.58 Å². The number of unbranched alkanes of at least 4 members (excludes halogenated alkanes) is 2. The van der Waals surface area contributed by atoms with Crippen LogP contribution in [-0.2, 0) is 4.79 Å². The average Bonchev–Trinajstić information content (AvgIpc) is 2.76. The topological polar surface area (TPSA) is 37.3 Å². The van der Waals surface area contributed by atoms with Crippen LogP contribution in [0, 0.1) is 11.3 Å². The first-order chi connectivity index (χ1) is 7.70. The number of hydrogen-bond donors (Lipinski definition) is 1. The van der Waals surface area contributed by atoms with Crippen LogP contribution in [0.4, 0.5) is 0 Å². The molecule has 0 bridgehead atoms. The molecule has 3 atom stereocenters. The largest absolute Gasteiger partial charge is 0.393 e. The number of fused-ring (bicyclic) bond motifs is 1. The Kier molecular flexibility index (Phi) is 3.48. The molecule has 16 heavy (non-hydrogen) atoms. The second-order valence-corrected chi connectivity index (χ2v) is 5.36. The Hall–Kier alpha value is -0.630. The van der Waals surface area contributed by atoms with Gasteiger partial charge in [-0.3, -0.25) is 4.79 Å². The summed E-state index contributed by atoms with van der Waals surface area (Å²) < 4.78 is 0. The van der Waals surface area contributed by atoms with E-state index in [0.717, 1.165) is 44.9 Å². The molecule has 0 unspecified atom stereocenters. The van der Waals surface area contributed by atoms with Crippen molar-refractivity contribution in [3.63, 3.8) is 0 Å². The van der Waals surface area contributed by atoms with Crippen LogP contribution in [0.3, 0.4) is 0 Å². The van der Waals surface area contributed by atoms with Crippen molar-refractivity contribution < 1.29 is 9.90 Å². The number of aliphatic hydroxyl groups excluding tert-OH is 1. The van der Waals surface area contributed by atoms with Crippen molar-refractivity contribution >= 4 is 5.78 Å². The first-order valence-electron chi connectivity index (χ1n) is 6.53. The fraction of sp³-hybridized carbons (Fsp3) is 0.786. The molecule has 2 rings (SSSR count). The summed E-state index contributed by atoms with van der Waals surface area (Å²) in [5, 5.41) is 9.92. The van der Waals surface area contributed by atoms with E-state index in [1.807, 2.05) is 6.08 Å². The normalized spacial score (nSPS) is 37.7. The highest BCUT2D eigenvalue weighted by Crippen LogP contribution is 2.54. The SMILES string of the molecule is C=CCCCC[C@]12CC[C@H](O)[C@H]1CCC2=O. The molecule has 1 N–H and O–H groups in total. The third-order valence-corrected chi connectivity index (χ3v) is 4.58. The van der Waals surface area contributed by atoms with Gasteiger partial charge in [-0.2, -0.15) is 0 Å². The van der Waals surface area contributed by atoms with Gasteiger partial charge in [-0.1, -0.05) is 12.5 Å². The predicted octanol–water partition coefficient (Wildman–Crippen LogP) is 2.85. The minimum Gasteiger partial charge on any atom is -0.393 e. The summed E-state index contributed by atoms with van der Waals surface area (Å²) in [6.45, 7) is 3.71. The Labute approximate surface area is 97.7 Å². The van der Waals surface area contributed by atoms with Crippen LogP contribution in [-0.4, -0.2) is 17.0 Å². The van der Waals surface area contributed by atoms with Crippen LogP contribution in [0.1, 0.15) is 51.4 Å². The second-order valence-electron chi connectivity index (χ2n) is 5.36. The first kappa shape index (κ1) is 11.8. The van der Waals surface area contributed by atoms with Crippen LogP contribution in [0.25, 0.3) is 0 Å². The van der Waals surface area contributed by atoms with E-state index < -0.39 is 0 Å². The molecule has 0 aliphatic heterocycles. The molecule has 0 aromatic rings. The van der Waals surface area contributed by atoms with Gasteiger partial charge in [0.05, 0.1) is 6.10 Å². The first-order valence-corrected chi connectivity index (χ1v) is 6.53. The van der Waals surface area contributed by atoms with Crippen molar-refractivity contribution in [1.82, 2.24) is 0 Å². The van der Waals surface area contributed by atoms with E-state index in [9.17, 15) is 9.90 Å². The molecule has 2 fully saturated rings. The van der Waals surface area contributed by atoms with Gasteiger partial charge in [-0.05, 0) is 44.4 Å². The molecule has 2 saturated carbocycles. The van der Waals surface area contributed by atoms with Crippen LogP contribution in [0.5, 0.6) is 0 Å². The lowest BCUT2D eigenvalue weighted by Gasteiger charge is -2.28. The zero-order chi connectivity index (χ0) is 11.6. The minimum atomic E-state index is -0.217. The van der Waals surface area contributed by atoms with Crippen LogP contribution >= 0.6 is 0 Å². The molecule has 2 heteroatoms. The van der Waals surface area contributed by atoms with E-state index in [1.165, 1.54) is 0 Å². The Morgan fingerprint density at radius 3 is 3.00 bits per heavy atom. The van der Waals surface area contributed by atoms with Crippen LogP contribution < -0.4 is 0 Å². The molecular weight excluding hydrogens is 200 g/mol.